The van der Waals surface area contributed by atoms with Gasteiger partial charge in [0.1, 0.15) is 0 Å². The van der Waals surface area contributed by atoms with Crippen LogP contribution in [0.2, 0.25) is 0 Å². The second kappa shape index (κ2) is 6.38. The number of hydrogen-bond acceptors (Lipinski definition) is 2. The summed E-state index contributed by atoms with van der Waals surface area (Å²) in [5.74, 6) is 0. The standard InChI is InChI=1S/C18H22N2/c1-14-5-9-17(10-6-14)15(2)19-13-16-7-11-18(12-8-16)20(3)4/h5-13,15H,1-4H3/t15-/m0/s1. The molecule has 0 heterocycles. The van der Waals surface area contributed by atoms with Crippen molar-refractivity contribution >= 4 is 11.9 Å². The topological polar surface area (TPSA) is 15.6 Å². The van der Waals surface area contributed by atoms with Gasteiger partial charge in [0.15, 0.2) is 0 Å². The van der Waals surface area contributed by atoms with E-state index in [0.717, 1.165) is 5.56 Å². The average Bonchev–Trinajstić information content (AvgIpc) is 2.46. The predicted octanol–water partition coefficient (Wildman–Crippen LogP) is 4.24. The highest BCUT2D eigenvalue weighted by Gasteiger charge is 2.01. The maximum absolute atomic E-state index is 4.63. The molecule has 0 fully saturated rings. The Kier molecular flexibility index (Phi) is 4.57. The lowest BCUT2D eigenvalue weighted by atomic mass is 10.1. The van der Waals surface area contributed by atoms with E-state index in [1.165, 1.54) is 16.8 Å². The van der Waals surface area contributed by atoms with E-state index in [1.807, 2.05) is 20.3 Å². The number of rotatable bonds is 4. The van der Waals surface area contributed by atoms with Gasteiger partial charge in [0.25, 0.3) is 0 Å². The van der Waals surface area contributed by atoms with Crippen molar-refractivity contribution < 1.29 is 0 Å². The van der Waals surface area contributed by atoms with Crippen LogP contribution in [0.25, 0.3) is 0 Å². The molecule has 0 spiro atoms. The van der Waals surface area contributed by atoms with Gasteiger partial charge in [-0.2, -0.15) is 0 Å². The summed E-state index contributed by atoms with van der Waals surface area (Å²) in [6.45, 7) is 4.22. The van der Waals surface area contributed by atoms with Gasteiger partial charge in [-0.05, 0) is 37.1 Å². The monoisotopic (exact) mass is 266 g/mol. The molecule has 0 aliphatic rings. The summed E-state index contributed by atoms with van der Waals surface area (Å²) in [7, 11) is 4.09. The molecule has 0 unspecified atom stereocenters. The first-order valence-electron chi connectivity index (χ1n) is 6.93. The Bertz CT molecular complexity index is 565. The van der Waals surface area contributed by atoms with Crippen LogP contribution in [0.4, 0.5) is 5.69 Å². The van der Waals surface area contributed by atoms with Crippen LogP contribution >= 0.6 is 0 Å². The lowest BCUT2D eigenvalue weighted by Crippen LogP contribution is -2.08. The molecule has 0 amide bonds. The van der Waals surface area contributed by atoms with Gasteiger partial charge in [0, 0.05) is 26.0 Å². The van der Waals surface area contributed by atoms with Crippen LogP contribution in [-0.2, 0) is 0 Å². The largest absolute Gasteiger partial charge is 0.378 e. The average molecular weight is 266 g/mol. The molecule has 0 aliphatic carbocycles. The van der Waals surface area contributed by atoms with E-state index in [9.17, 15) is 0 Å². The fourth-order valence-corrected chi connectivity index (χ4v) is 1.99. The van der Waals surface area contributed by atoms with Gasteiger partial charge in [0.2, 0.25) is 0 Å². The number of nitrogens with zero attached hydrogens (tertiary/aromatic N) is 2. The number of hydrogen-bond donors (Lipinski definition) is 0. The molecule has 104 valence electrons. The van der Waals surface area contributed by atoms with Gasteiger partial charge >= 0.3 is 0 Å². The summed E-state index contributed by atoms with van der Waals surface area (Å²) in [5, 5.41) is 0. The van der Waals surface area contributed by atoms with Gasteiger partial charge in [-0.1, -0.05) is 42.0 Å². The van der Waals surface area contributed by atoms with E-state index in [4.69, 9.17) is 0 Å². The Morgan fingerprint density at radius 1 is 0.950 bits per heavy atom. The van der Waals surface area contributed by atoms with Crippen molar-refractivity contribution in [2.24, 2.45) is 4.99 Å². The highest BCUT2D eigenvalue weighted by Crippen LogP contribution is 2.17. The van der Waals surface area contributed by atoms with Gasteiger partial charge in [-0.15, -0.1) is 0 Å². The minimum absolute atomic E-state index is 0.184. The molecule has 2 heteroatoms. The maximum atomic E-state index is 4.63. The Balaban J connectivity index is 2.06. The van der Waals surface area contributed by atoms with Gasteiger partial charge in [-0.25, -0.2) is 0 Å². The third-order valence-corrected chi connectivity index (χ3v) is 3.42. The van der Waals surface area contributed by atoms with E-state index >= 15 is 0 Å². The molecule has 2 rings (SSSR count). The summed E-state index contributed by atoms with van der Waals surface area (Å²) in [6.07, 6.45) is 1.95. The minimum Gasteiger partial charge on any atom is -0.378 e. The van der Waals surface area contributed by atoms with E-state index in [1.54, 1.807) is 0 Å². The summed E-state index contributed by atoms with van der Waals surface area (Å²) in [4.78, 5) is 6.72. The van der Waals surface area contributed by atoms with Crippen LogP contribution in [0.15, 0.2) is 53.5 Å². The van der Waals surface area contributed by atoms with Crippen molar-refractivity contribution in [3.8, 4) is 0 Å². The molecule has 0 saturated heterocycles. The summed E-state index contributed by atoms with van der Waals surface area (Å²) < 4.78 is 0. The third-order valence-electron chi connectivity index (χ3n) is 3.42. The highest BCUT2D eigenvalue weighted by molar-refractivity contribution is 5.80. The molecule has 0 aromatic heterocycles. The molecule has 2 aromatic carbocycles. The molecule has 0 radical (unpaired) electrons. The molecule has 2 aromatic rings. The molecule has 0 N–H and O–H groups in total. The number of aryl methyl sites for hydroxylation is 1. The molecule has 1 atom stereocenters. The number of anilines is 1. The first-order valence-corrected chi connectivity index (χ1v) is 6.93. The number of aliphatic imine (C=N–C) groups is 1. The second-order valence-electron chi connectivity index (χ2n) is 5.35. The van der Waals surface area contributed by atoms with Crippen molar-refractivity contribution in [3.63, 3.8) is 0 Å². The lowest BCUT2D eigenvalue weighted by Gasteiger charge is -2.12. The van der Waals surface area contributed by atoms with Gasteiger partial charge < -0.3 is 4.90 Å². The SMILES string of the molecule is Cc1ccc([C@H](C)N=Cc2ccc(N(C)C)cc2)cc1. The van der Waals surface area contributed by atoms with Crippen LogP contribution < -0.4 is 4.90 Å². The lowest BCUT2D eigenvalue weighted by molar-refractivity contribution is 0.824. The van der Waals surface area contributed by atoms with Crippen LogP contribution in [0.1, 0.15) is 29.7 Å². The first kappa shape index (κ1) is 14.3. The molecular weight excluding hydrogens is 244 g/mol. The maximum Gasteiger partial charge on any atom is 0.0721 e. The van der Waals surface area contributed by atoms with Gasteiger partial charge in [-0.3, -0.25) is 4.99 Å². The van der Waals surface area contributed by atoms with Crippen molar-refractivity contribution in [2.45, 2.75) is 19.9 Å². The van der Waals surface area contributed by atoms with E-state index in [-0.39, 0.29) is 6.04 Å². The van der Waals surface area contributed by atoms with Crippen LogP contribution in [0.3, 0.4) is 0 Å². The molecule has 20 heavy (non-hydrogen) atoms. The zero-order valence-electron chi connectivity index (χ0n) is 12.7. The Morgan fingerprint density at radius 2 is 1.55 bits per heavy atom. The minimum atomic E-state index is 0.184. The number of benzene rings is 2. The fraction of sp³-hybridized carbons (Fsp3) is 0.278. The third kappa shape index (κ3) is 3.70. The van der Waals surface area contributed by atoms with Crippen LogP contribution in [0.5, 0.6) is 0 Å². The second-order valence-corrected chi connectivity index (χ2v) is 5.35. The molecule has 0 bridgehead atoms. The molecule has 0 aliphatic heterocycles. The summed E-state index contributed by atoms with van der Waals surface area (Å²) in [5.41, 5.74) is 4.87. The normalized spacial score (nSPS) is 12.6. The Morgan fingerprint density at radius 3 is 2.10 bits per heavy atom. The molecule has 0 saturated carbocycles. The Labute approximate surface area is 121 Å². The highest BCUT2D eigenvalue weighted by atomic mass is 15.1. The summed E-state index contributed by atoms with van der Waals surface area (Å²) >= 11 is 0. The zero-order chi connectivity index (χ0) is 14.5. The van der Waals surface area contributed by atoms with Crippen molar-refractivity contribution in [3.05, 3.63) is 65.2 Å². The molecule has 2 nitrogen and oxygen atoms in total. The van der Waals surface area contributed by atoms with E-state index in [2.05, 4.69) is 72.3 Å². The Hall–Kier alpha value is -2.09. The van der Waals surface area contributed by atoms with Crippen molar-refractivity contribution in [1.82, 2.24) is 0 Å². The van der Waals surface area contributed by atoms with Gasteiger partial charge in [0.05, 0.1) is 6.04 Å². The van der Waals surface area contributed by atoms with Crippen LogP contribution in [-0.4, -0.2) is 20.3 Å². The van der Waals surface area contributed by atoms with Crippen molar-refractivity contribution in [1.29, 1.82) is 0 Å². The van der Waals surface area contributed by atoms with Crippen molar-refractivity contribution in [2.75, 3.05) is 19.0 Å². The van der Waals surface area contributed by atoms with E-state index < -0.39 is 0 Å². The zero-order valence-corrected chi connectivity index (χ0v) is 12.7. The predicted molar refractivity (Wildman–Crippen MR) is 88.0 cm³/mol. The van der Waals surface area contributed by atoms with Crippen LogP contribution in [0, 0.1) is 6.92 Å². The quantitative estimate of drug-likeness (QED) is 0.756. The van der Waals surface area contributed by atoms with E-state index in [0.29, 0.717) is 0 Å². The smallest absolute Gasteiger partial charge is 0.0721 e. The fourth-order valence-electron chi connectivity index (χ4n) is 1.99. The first-order chi connectivity index (χ1) is 9.56. The summed E-state index contributed by atoms with van der Waals surface area (Å²) in [6, 6.07) is 17.2. The molecular formula is C18H22N2.